The molecule has 0 aliphatic heterocycles. The summed E-state index contributed by atoms with van der Waals surface area (Å²) in [5.41, 5.74) is -1.45. The zero-order chi connectivity index (χ0) is 22.3. The van der Waals surface area contributed by atoms with Gasteiger partial charge in [0, 0.05) is 12.1 Å². The van der Waals surface area contributed by atoms with Crippen LogP contribution in [-0.4, -0.2) is 21.8 Å². The van der Waals surface area contributed by atoms with E-state index < -0.39 is 42.4 Å². The van der Waals surface area contributed by atoms with E-state index in [0.29, 0.717) is 0 Å². The van der Waals surface area contributed by atoms with E-state index in [9.17, 15) is 31.7 Å². The summed E-state index contributed by atoms with van der Waals surface area (Å²) in [5.74, 6) is -0.831. The van der Waals surface area contributed by atoms with Gasteiger partial charge in [0.1, 0.15) is 17.6 Å². The summed E-state index contributed by atoms with van der Waals surface area (Å²) >= 11 is 0. The Morgan fingerprint density at radius 2 is 1.63 bits per heavy atom. The van der Waals surface area contributed by atoms with Gasteiger partial charge in [-0.1, -0.05) is 0 Å². The van der Waals surface area contributed by atoms with Crippen molar-refractivity contribution in [2.45, 2.75) is 0 Å². The van der Waals surface area contributed by atoms with Gasteiger partial charge in [-0.3, -0.25) is 14.9 Å². The number of nitrogens with two attached hydrogens (primary N) is 2. The fraction of sp³-hybridized carbons (Fsp3) is 0. The van der Waals surface area contributed by atoms with E-state index >= 15 is 0 Å². The molecule has 0 spiro atoms. The number of fused-ring (bicyclic) bond motifs is 1. The molecule has 0 bridgehead atoms. The monoisotopic (exact) mass is 457 g/mol. The summed E-state index contributed by atoms with van der Waals surface area (Å²) in [4.78, 5) is 23.1. The summed E-state index contributed by atoms with van der Waals surface area (Å²) in [7, 11) is -8.80. The van der Waals surface area contributed by atoms with Crippen LogP contribution in [0, 0.1) is 10.1 Å². The third-order valence-electron chi connectivity index (χ3n) is 3.63. The summed E-state index contributed by atoms with van der Waals surface area (Å²) in [6, 6.07) is 6.58. The van der Waals surface area contributed by atoms with Crippen molar-refractivity contribution in [2.24, 2.45) is 10.3 Å². The minimum atomic E-state index is -4.51. The molecule has 0 aliphatic carbocycles. The summed E-state index contributed by atoms with van der Waals surface area (Å²) in [6.07, 6.45) is 0.991. The second-order valence-corrected chi connectivity index (χ2v) is 8.03. The maximum atomic E-state index is 12.8. The second-order valence-electron chi connectivity index (χ2n) is 5.73. The van der Waals surface area contributed by atoms with Crippen LogP contribution >= 0.6 is 0 Å². The molecule has 0 amide bonds. The minimum absolute atomic E-state index is 0.0155. The molecule has 3 aromatic rings. The van der Waals surface area contributed by atoms with Gasteiger partial charge in [0.05, 0.1) is 15.9 Å². The minimum Gasteiger partial charge on any atom is -0.463 e. The molecule has 0 saturated carbocycles. The third-order valence-corrected chi connectivity index (χ3v) is 4.47. The van der Waals surface area contributed by atoms with Crippen molar-refractivity contribution in [1.82, 2.24) is 0 Å². The molecule has 0 radical (unpaired) electrons. The van der Waals surface area contributed by atoms with E-state index in [1.165, 1.54) is 18.2 Å². The lowest BCUT2D eigenvalue weighted by Gasteiger charge is -2.07. The van der Waals surface area contributed by atoms with E-state index in [4.69, 9.17) is 14.7 Å². The highest BCUT2D eigenvalue weighted by Gasteiger charge is 2.22. The molecule has 3 rings (SSSR count). The highest BCUT2D eigenvalue weighted by atomic mass is 32.2. The molecule has 2 aromatic carbocycles. The third kappa shape index (κ3) is 4.71. The number of nitro groups is 1. The normalized spacial score (nSPS) is 11.9. The van der Waals surface area contributed by atoms with Gasteiger partial charge < -0.3 is 12.8 Å². The van der Waals surface area contributed by atoms with Gasteiger partial charge in [-0.05, 0) is 29.8 Å². The van der Waals surface area contributed by atoms with Crippen LogP contribution in [0.4, 0.5) is 5.69 Å². The quantitative estimate of drug-likeness (QED) is 0.387. The highest BCUT2D eigenvalue weighted by molar-refractivity contribution is 7.85. The smallest absolute Gasteiger partial charge is 0.380 e. The largest absolute Gasteiger partial charge is 0.463 e. The molecule has 30 heavy (non-hydrogen) atoms. The van der Waals surface area contributed by atoms with Crippen LogP contribution in [-0.2, 0) is 20.6 Å². The van der Waals surface area contributed by atoms with E-state index in [2.05, 4.69) is 8.37 Å². The maximum absolute atomic E-state index is 12.8. The van der Waals surface area contributed by atoms with Crippen LogP contribution in [0.15, 0.2) is 51.9 Å². The van der Waals surface area contributed by atoms with Crippen molar-refractivity contribution in [1.29, 1.82) is 0 Å². The van der Waals surface area contributed by atoms with Crippen LogP contribution < -0.4 is 24.1 Å². The van der Waals surface area contributed by atoms with Gasteiger partial charge in [0.25, 0.3) is 0 Å². The van der Waals surface area contributed by atoms with Gasteiger partial charge in [-0.2, -0.15) is 27.1 Å². The molecule has 1 aromatic heterocycles. The topological polar surface area (TPSA) is 212 Å². The van der Waals surface area contributed by atoms with Crippen molar-refractivity contribution in [3.63, 3.8) is 0 Å². The standard InChI is InChI=1S/C15H11N3O10S2/c16-29(22,23)27-9-2-3-10-14(6-9)26-7-11(15(10)19)8-1-4-13(28-30(17,24)25)12(5-8)18(20)21/h1-7H,(H2,16,22,23)(H2,17,24,25). The molecule has 0 fully saturated rings. The van der Waals surface area contributed by atoms with E-state index in [1.807, 2.05) is 0 Å². The summed E-state index contributed by atoms with van der Waals surface area (Å²) in [6.45, 7) is 0. The van der Waals surface area contributed by atoms with Gasteiger partial charge in [0.2, 0.25) is 5.75 Å². The molecule has 4 N–H and O–H groups in total. The molecule has 15 heteroatoms. The fourth-order valence-electron chi connectivity index (χ4n) is 2.52. The Labute approximate surface area is 168 Å². The lowest BCUT2D eigenvalue weighted by Crippen LogP contribution is -2.19. The number of hydrogen-bond donors (Lipinski definition) is 2. The Morgan fingerprint density at radius 1 is 0.967 bits per heavy atom. The van der Waals surface area contributed by atoms with Crippen molar-refractivity contribution in [3.8, 4) is 22.6 Å². The number of benzene rings is 2. The Bertz CT molecular complexity index is 1450. The SMILES string of the molecule is NS(=O)(=O)Oc1ccc2c(=O)c(-c3ccc(OS(N)(=O)=O)c([N+](=O)[O-])c3)coc2c1. The van der Waals surface area contributed by atoms with Crippen LogP contribution in [0.25, 0.3) is 22.1 Å². The molecular weight excluding hydrogens is 446 g/mol. The molecule has 0 unspecified atom stereocenters. The summed E-state index contributed by atoms with van der Waals surface area (Å²) < 4.78 is 58.3. The molecule has 13 nitrogen and oxygen atoms in total. The lowest BCUT2D eigenvalue weighted by atomic mass is 10.0. The first-order chi connectivity index (χ1) is 13.8. The van der Waals surface area contributed by atoms with Crippen molar-refractivity contribution >= 4 is 37.3 Å². The maximum Gasteiger partial charge on any atom is 0.380 e. The first-order valence-electron chi connectivity index (χ1n) is 7.63. The van der Waals surface area contributed by atoms with E-state index in [1.54, 1.807) is 0 Å². The molecular formula is C15H11N3O10S2. The van der Waals surface area contributed by atoms with Crippen LogP contribution in [0.3, 0.4) is 0 Å². The Morgan fingerprint density at radius 3 is 2.23 bits per heavy atom. The Kier molecular flexibility index (Phi) is 5.21. The summed E-state index contributed by atoms with van der Waals surface area (Å²) in [5, 5.41) is 20.8. The second kappa shape index (κ2) is 7.38. The molecule has 0 aliphatic rings. The van der Waals surface area contributed by atoms with Gasteiger partial charge in [-0.25, -0.2) is 0 Å². The van der Waals surface area contributed by atoms with Crippen LogP contribution in [0.1, 0.15) is 0 Å². The van der Waals surface area contributed by atoms with Crippen LogP contribution in [0.2, 0.25) is 0 Å². The van der Waals surface area contributed by atoms with Gasteiger partial charge >= 0.3 is 26.3 Å². The van der Waals surface area contributed by atoms with Crippen LogP contribution in [0.5, 0.6) is 11.5 Å². The van der Waals surface area contributed by atoms with Crippen molar-refractivity contribution in [3.05, 3.63) is 63.0 Å². The Hall–Kier alpha value is -3.53. The van der Waals surface area contributed by atoms with Crippen molar-refractivity contribution in [2.75, 3.05) is 0 Å². The Balaban J connectivity index is 2.11. The number of rotatable bonds is 6. The highest BCUT2D eigenvalue weighted by Crippen LogP contribution is 2.33. The number of hydrogen-bond acceptors (Lipinski definition) is 10. The van der Waals surface area contributed by atoms with Gasteiger partial charge in [-0.15, -0.1) is 0 Å². The van der Waals surface area contributed by atoms with Crippen molar-refractivity contribution < 1.29 is 34.5 Å². The fourth-order valence-corrected chi connectivity index (χ4v) is 3.28. The van der Waals surface area contributed by atoms with Gasteiger partial charge in [0.15, 0.2) is 5.43 Å². The van der Waals surface area contributed by atoms with E-state index in [0.717, 1.165) is 24.5 Å². The zero-order valence-electron chi connectivity index (χ0n) is 14.5. The zero-order valence-corrected chi connectivity index (χ0v) is 16.2. The lowest BCUT2D eigenvalue weighted by molar-refractivity contribution is -0.385. The number of nitrogens with zero attached hydrogens (tertiary/aromatic N) is 1. The predicted molar refractivity (Wildman–Crippen MR) is 102 cm³/mol. The van der Waals surface area contributed by atoms with E-state index in [-0.39, 0.29) is 27.8 Å². The first-order valence-corrected chi connectivity index (χ1v) is 10.6. The average molecular weight is 457 g/mol. The average Bonchev–Trinajstić information content (AvgIpc) is 2.59. The number of nitro benzene ring substituents is 1. The molecule has 158 valence electrons. The molecule has 0 saturated heterocycles. The molecule has 0 atom stereocenters. The predicted octanol–water partition coefficient (Wildman–Crippen LogP) is 0.533. The first kappa shape index (κ1) is 21.2. The molecule has 1 heterocycles.